The average Bonchev–Trinajstić information content (AvgIpc) is 2.48. The molecule has 0 amide bonds. The van der Waals surface area contributed by atoms with Gasteiger partial charge in [-0.05, 0) is 45.4 Å². The highest BCUT2D eigenvalue weighted by atomic mass is 79.9. The van der Waals surface area contributed by atoms with Crippen LogP contribution in [-0.2, 0) is 9.31 Å². The molecule has 1 fully saturated rings. The Kier molecular flexibility index (Phi) is 3.62. The van der Waals surface area contributed by atoms with Gasteiger partial charge in [0.25, 0.3) is 0 Å². The van der Waals surface area contributed by atoms with Crippen molar-refractivity contribution in [2.75, 3.05) is 0 Å². The summed E-state index contributed by atoms with van der Waals surface area (Å²) in [6.45, 7) is 8.12. The van der Waals surface area contributed by atoms with Crippen LogP contribution in [-0.4, -0.2) is 18.3 Å². The summed E-state index contributed by atoms with van der Waals surface area (Å²) < 4.78 is 12.9. The minimum atomic E-state index is -0.406. The maximum atomic E-state index is 6.23. The van der Waals surface area contributed by atoms with Crippen molar-refractivity contribution in [1.29, 1.82) is 0 Å². The van der Waals surface area contributed by atoms with Gasteiger partial charge in [0.2, 0.25) is 0 Å². The topological polar surface area (TPSA) is 44.5 Å². The Bertz CT molecular complexity index is 417. The second-order valence-electron chi connectivity index (χ2n) is 5.70. The van der Waals surface area contributed by atoms with Gasteiger partial charge >= 0.3 is 7.12 Å². The molecule has 2 rings (SSSR count). The monoisotopic (exact) mass is 311 g/mol. The zero-order valence-electron chi connectivity index (χ0n) is 11.2. The van der Waals surface area contributed by atoms with Crippen molar-refractivity contribution >= 4 is 23.0 Å². The third-order valence-corrected chi connectivity index (χ3v) is 4.35. The molecule has 1 heterocycles. The molecule has 3 nitrogen and oxygen atoms in total. The summed E-state index contributed by atoms with van der Waals surface area (Å²) in [7, 11) is -0.406. The van der Waals surface area contributed by atoms with Gasteiger partial charge in [-0.15, -0.1) is 0 Å². The molecule has 1 unspecified atom stereocenters. The fourth-order valence-corrected chi connectivity index (χ4v) is 2.14. The summed E-state index contributed by atoms with van der Waals surface area (Å²) in [6.07, 6.45) is 0. The third kappa shape index (κ3) is 2.50. The maximum absolute atomic E-state index is 6.23. The normalized spacial score (nSPS) is 23.1. The first-order valence-electron chi connectivity index (χ1n) is 6.10. The minimum absolute atomic E-state index is 0.279. The molecule has 0 spiro atoms. The van der Waals surface area contributed by atoms with E-state index in [9.17, 15) is 0 Å². The lowest BCUT2D eigenvalue weighted by atomic mass is 9.75. The number of nitrogens with two attached hydrogens (primary N) is 1. The van der Waals surface area contributed by atoms with Gasteiger partial charge in [0.15, 0.2) is 0 Å². The number of hydrogen-bond donors (Lipinski definition) is 1. The highest BCUT2D eigenvalue weighted by Gasteiger charge is 2.53. The van der Waals surface area contributed by atoms with Crippen LogP contribution in [0.5, 0.6) is 0 Å². The Morgan fingerprint density at radius 3 is 1.94 bits per heavy atom. The van der Waals surface area contributed by atoms with Crippen LogP contribution >= 0.6 is 15.9 Å². The Morgan fingerprint density at radius 1 is 1.06 bits per heavy atom. The summed E-state index contributed by atoms with van der Waals surface area (Å²) in [4.78, 5) is 0. The van der Waals surface area contributed by atoms with E-state index < -0.39 is 7.12 Å². The molecule has 98 valence electrons. The number of benzene rings is 1. The Labute approximate surface area is 117 Å². The molecule has 0 saturated carbocycles. The van der Waals surface area contributed by atoms with Crippen molar-refractivity contribution in [2.24, 2.45) is 5.73 Å². The molecule has 2 N–H and O–H groups in total. The van der Waals surface area contributed by atoms with Crippen LogP contribution in [0.1, 0.15) is 39.2 Å². The first kappa shape index (κ1) is 14.1. The van der Waals surface area contributed by atoms with E-state index in [0.29, 0.717) is 0 Å². The van der Waals surface area contributed by atoms with E-state index in [1.54, 1.807) is 0 Å². The van der Waals surface area contributed by atoms with Crippen LogP contribution in [0.4, 0.5) is 0 Å². The summed E-state index contributed by atoms with van der Waals surface area (Å²) in [5, 5.41) is 0. The predicted molar refractivity (Wildman–Crippen MR) is 77.2 cm³/mol. The van der Waals surface area contributed by atoms with Crippen LogP contribution in [0, 0.1) is 0 Å². The molecule has 0 radical (unpaired) electrons. The maximum Gasteiger partial charge on any atom is 0.480 e. The van der Waals surface area contributed by atoms with Crippen molar-refractivity contribution in [3.05, 3.63) is 34.3 Å². The first-order chi connectivity index (χ1) is 8.23. The van der Waals surface area contributed by atoms with Crippen molar-refractivity contribution in [3.63, 3.8) is 0 Å². The minimum Gasteiger partial charge on any atom is -0.402 e. The second kappa shape index (κ2) is 4.64. The molecule has 1 aliphatic rings. The van der Waals surface area contributed by atoms with Gasteiger partial charge in [0, 0.05) is 4.47 Å². The van der Waals surface area contributed by atoms with Crippen LogP contribution < -0.4 is 5.73 Å². The third-order valence-electron chi connectivity index (χ3n) is 3.82. The lowest BCUT2D eigenvalue weighted by Crippen LogP contribution is -2.41. The Balaban J connectivity index is 2.17. The Morgan fingerprint density at radius 2 is 1.50 bits per heavy atom. The standard InChI is InChI=1S/C13H19BBrNO2/c1-12(2)13(3,4)18-14(17-12)11(16)9-5-7-10(15)8-6-9/h5-8,11H,16H2,1-4H3. The van der Waals surface area contributed by atoms with Crippen molar-refractivity contribution in [2.45, 2.75) is 44.8 Å². The SMILES string of the molecule is CC1(C)OB(C(N)c2ccc(Br)cc2)OC1(C)C. The van der Waals surface area contributed by atoms with Crippen molar-refractivity contribution in [3.8, 4) is 0 Å². The highest BCUT2D eigenvalue weighted by Crippen LogP contribution is 2.39. The van der Waals surface area contributed by atoms with E-state index in [1.807, 2.05) is 52.0 Å². The van der Waals surface area contributed by atoms with Gasteiger partial charge in [-0.25, -0.2) is 0 Å². The first-order valence-corrected chi connectivity index (χ1v) is 6.89. The molecule has 0 bridgehead atoms. The van der Waals surface area contributed by atoms with Crippen LogP contribution in [0.2, 0.25) is 0 Å². The molecule has 1 aliphatic heterocycles. The quantitative estimate of drug-likeness (QED) is 0.854. The van der Waals surface area contributed by atoms with Gasteiger partial charge in [-0.2, -0.15) is 0 Å². The predicted octanol–water partition coefficient (Wildman–Crippen LogP) is 3.08. The number of rotatable bonds is 2. The van der Waals surface area contributed by atoms with Crippen molar-refractivity contribution in [1.82, 2.24) is 0 Å². The smallest absolute Gasteiger partial charge is 0.402 e. The van der Waals surface area contributed by atoms with E-state index in [4.69, 9.17) is 15.0 Å². The molecule has 0 aromatic heterocycles. The van der Waals surface area contributed by atoms with Gasteiger partial charge in [0.1, 0.15) is 0 Å². The van der Waals surface area contributed by atoms with E-state index in [2.05, 4.69) is 15.9 Å². The Hall–Kier alpha value is -0.355. The second-order valence-corrected chi connectivity index (χ2v) is 6.62. The molecule has 0 aliphatic carbocycles. The van der Waals surface area contributed by atoms with Gasteiger partial charge in [-0.1, -0.05) is 28.1 Å². The summed E-state index contributed by atoms with van der Waals surface area (Å²) in [5.41, 5.74) is 6.55. The van der Waals surface area contributed by atoms with Crippen molar-refractivity contribution < 1.29 is 9.31 Å². The van der Waals surface area contributed by atoms with Gasteiger partial charge in [0.05, 0.1) is 17.1 Å². The molecule has 1 aromatic carbocycles. The van der Waals surface area contributed by atoms with E-state index in [1.165, 1.54) is 0 Å². The average molecular weight is 312 g/mol. The van der Waals surface area contributed by atoms with Crippen LogP contribution in [0.25, 0.3) is 0 Å². The molecule has 5 heteroatoms. The number of halogens is 1. The molecule has 18 heavy (non-hydrogen) atoms. The molecule has 1 aromatic rings. The van der Waals surface area contributed by atoms with E-state index in [0.717, 1.165) is 10.0 Å². The van der Waals surface area contributed by atoms with E-state index >= 15 is 0 Å². The summed E-state index contributed by atoms with van der Waals surface area (Å²) >= 11 is 3.41. The zero-order chi connectivity index (χ0) is 13.6. The van der Waals surface area contributed by atoms with E-state index in [-0.39, 0.29) is 17.1 Å². The van der Waals surface area contributed by atoms with Crippen LogP contribution in [0.15, 0.2) is 28.7 Å². The zero-order valence-corrected chi connectivity index (χ0v) is 12.8. The lowest BCUT2D eigenvalue weighted by Gasteiger charge is -2.32. The molecular weight excluding hydrogens is 293 g/mol. The fraction of sp³-hybridized carbons (Fsp3) is 0.538. The van der Waals surface area contributed by atoms with Gasteiger partial charge in [-0.3, -0.25) is 0 Å². The molecule has 1 atom stereocenters. The van der Waals surface area contributed by atoms with Gasteiger partial charge < -0.3 is 15.0 Å². The summed E-state index contributed by atoms with van der Waals surface area (Å²) in [5.74, 6) is -0.279. The van der Waals surface area contributed by atoms with Crippen LogP contribution in [0.3, 0.4) is 0 Å². The fourth-order valence-electron chi connectivity index (χ4n) is 1.88. The highest BCUT2D eigenvalue weighted by molar-refractivity contribution is 9.10. The largest absolute Gasteiger partial charge is 0.480 e. The number of hydrogen-bond acceptors (Lipinski definition) is 3. The molecule has 1 saturated heterocycles. The molecular formula is C13H19BBrNO2. The lowest BCUT2D eigenvalue weighted by molar-refractivity contribution is 0.00578. The summed E-state index contributed by atoms with van der Waals surface area (Å²) in [6, 6.07) is 7.92.